The molecule has 0 saturated carbocycles. The first-order valence-corrected chi connectivity index (χ1v) is 6.61. The minimum atomic E-state index is -0.681. The van der Waals surface area contributed by atoms with Crippen molar-refractivity contribution in [3.63, 3.8) is 0 Å². The van der Waals surface area contributed by atoms with Crippen molar-refractivity contribution in [2.24, 2.45) is 0 Å². The molecule has 0 unspecified atom stereocenters. The van der Waals surface area contributed by atoms with Crippen molar-refractivity contribution in [3.05, 3.63) is 39.9 Å². The first kappa shape index (κ1) is 15.6. The molecule has 0 saturated heterocycles. The van der Waals surface area contributed by atoms with Gasteiger partial charge in [0.2, 0.25) is 0 Å². The average Bonchev–Trinajstić information content (AvgIpc) is 2.34. The van der Waals surface area contributed by atoms with Gasteiger partial charge in [0.05, 0.1) is 17.0 Å². The zero-order valence-electron chi connectivity index (χ0n) is 12.0. The first-order valence-electron chi connectivity index (χ1n) is 6.61. The van der Waals surface area contributed by atoms with E-state index in [1.54, 1.807) is 12.1 Å². The van der Waals surface area contributed by atoms with E-state index in [9.17, 15) is 15.2 Å². The van der Waals surface area contributed by atoms with Gasteiger partial charge >= 0.3 is 0 Å². The Labute approximate surface area is 114 Å². The highest BCUT2D eigenvalue weighted by Gasteiger charge is 2.23. The molecule has 1 atom stereocenters. The molecule has 0 spiro atoms. The largest absolute Gasteiger partial charge is 0.382 e. The summed E-state index contributed by atoms with van der Waals surface area (Å²) in [6, 6.07) is 7.02. The van der Waals surface area contributed by atoms with Crippen LogP contribution < -0.4 is 4.90 Å². The molecule has 0 heterocycles. The zero-order valence-corrected chi connectivity index (χ0v) is 12.0. The summed E-state index contributed by atoms with van der Waals surface area (Å²) in [5.41, 5.74) is 0.625. The van der Waals surface area contributed by atoms with Crippen LogP contribution in [0.3, 0.4) is 0 Å². The molecule has 0 aliphatic rings. The van der Waals surface area contributed by atoms with Crippen molar-refractivity contribution < 1.29 is 14.9 Å². The molecule has 0 fully saturated rings. The number of hydrogen-bond donors (Lipinski definition) is 2. The van der Waals surface area contributed by atoms with Crippen molar-refractivity contribution >= 4 is 5.69 Å². The number of nitro benzene ring substituents is 1. The Kier molecular flexibility index (Phi) is 5.44. The second kappa shape index (κ2) is 6.63. The number of nitrogens with one attached hydrogen (secondary N) is 1. The molecule has 5 nitrogen and oxygen atoms in total. The fourth-order valence-electron chi connectivity index (χ4n) is 2.32. The van der Waals surface area contributed by atoms with E-state index in [0.29, 0.717) is 24.2 Å². The Morgan fingerprint density at radius 3 is 2.32 bits per heavy atom. The first-order chi connectivity index (χ1) is 8.82. The van der Waals surface area contributed by atoms with Crippen molar-refractivity contribution in [2.45, 2.75) is 45.9 Å². The third kappa shape index (κ3) is 4.29. The number of hydrogen-bond acceptors (Lipinski definition) is 3. The van der Waals surface area contributed by atoms with Gasteiger partial charge in [-0.05, 0) is 33.3 Å². The molecular formula is C14H23N2O3+. The summed E-state index contributed by atoms with van der Waals surface area (Å²) in [7, 11) is 0. The Hall–Kier alpha value is -1.46. The lowest BCUT2D eigenvalue weighted by atomic mass is 10.1. The molecule has 0 aliphatic carbocycles. The van der Waals surface area contributed by atoms with Crippen LogP contribution in [0.1, 0.15) is 39.4 Å². The van der Waals surface area contributed by atoms with Gasteiger partial charge in [0.25, 0.3) is 5.69 Å². The van der Waals surface area contributed by atoms with E-state index in [4.69, 9.17) is 0 Å². The zero-order chi connectivity index (χ0) is 14.6. The molecule has 1 rings (SSSR count). The van der Waals surface area contributed by atoms with Crippen molar-refractivity contribution in [2.75, 3.05) is 6.54 Å². The highest BCUT2D eigenvalue weighted by Crippen LogP contribution is 2.18. The maximum atomic E-state index is 10.7. The van der Waals surface area contributed by atoms with Gasteiger partial charge in [0.1, 0.15) is 12.6 Å². The number of nitrogens with zero attached hydrogens (tertiary/aromatic N) is 1. The van der Waals surface area contributed by atoms with E-state index in [2.05, 4.69) is 27.7 Å². The summed E-state index contributed by atoms with van der Waals surface area (Å²) in [5.74, 6) is 0. The molecule has 0 aliphatic heterocycles. The second-order valence-corrected chi connectivity index (χ2v) is 5.46. The van der Waals surface area contributed by atoms with Crippen LogP contribution in [-0.4, -0.2) is 28.7 Å². The average molecular weight is 267 g/mol. The molecule has 0 amide bonds. The van der Waals surface area contributed by atoms with Gasteiger partial charge in [0, 0.05) is 12.1 Å². The van der Waals surface area contributed by atoms with Crippen molar-refractivity contribution in [3.8, 4) is 0 Å². The lowest BCUT2D eigenvalue weighted by molar-refractivity contribution is -0.945. The van der Waals surface area contributed by atoms with E-state index in [1.807, 2.05) is 0 Å². The number of quaternary nitrogens is 1. The quantitative estimate of drug-likeness (QED) is 0.603. The fraction of sp³-hybridized carbons (Fsp3) is 0.571. The number of nitro groups is 1. The molecule has 0 aromatic heterocycles. The molecule has 5 heteroatoms. The summed E-state index contributed by atoms with van der Waals surface area (Å²) in [6.07, 6.45) is -0.681. The maximum Gasteiger partial charge on any atom is 0.269 e. The molecule has 1 aromatic rings. The molecule has 0 radical (unpaired) electrons. The number of rotatable bonds is 6. The summed E-state index contributed by atoms with van der Waals surface area (Å²) >= 11 is 0. The van der Waals surface area contributed by atoms with Crippen LogP contribution in [0, 0.1) is 10.1 Å². The number of aliphatic hydroxyl groups is 1. The van der Waals surface area contributed by atoms with Gasteiger partial charge in [0.15, 0.2) is 0 Å². The highest BCUT2D eigenvalue weighted by atomic mass is 16.6. The topological polar surface area (TPSA) is 67.8 Å². The minimum Gasteiger partial charge on any atom is -0.382 e. The predicted octanol–water partition coefficient (Wildman–Crippen LogP) is 1.33. The van der Waals surface area contributed by atoms with Crippen LogP contribution >= 0.6 is 0 Å². The summed E-state index contributed by atoms with van der Waals surface area (Å²) in [6.45, 7) is 8.98. The Morgan fingerprint density at radius 1 is 1.26 bits per heavy atom. The Bertz CT molecular complexity index is 424. The SMILES string of the molecule is CC(C)[NH+](C[C@@H](O)c1cccc([N+](=O)[O-])c1)C(C)C. The maximum absolute atomic E-state index is 10.7. The smallest absolute Gasteiger partial charge is 0.269 e. The number of benzene rings is 1. The van der Waals surface area contributed by atoms with E-state index < -0.39 is 11.0 Å². The molecule has 19 heavy (non-hydrogen) atoms. The molecule has 106 valence electrons. The summed E-state index contributed by atoms with van der Waals surface area (Å²) in [4.78, 5) is 11.6. The van der Waals surface area contributed by atoms with E-state index >= 15 is 0 Å². The van der Waals surface area contributed by atoms with Gasteiger partial charge in [-0.3, -0.25) is 10.1 Å². The van der Waals surface area contributed by atoms with Crippen LogP contribution in [0.2, 0.25) is 0 Å². The second-order valence-electron chi connectivity index (χ2n) is 5.46. The number of non-ortho nitro benzene ring substituents is 1. The fourth-order valence-corrected chi connectivity index (χ4v) is 2.32. The normalized spacial score (nSPS) is 13.3. The van der Waals surface area contributed by atoms with E-state index in [-0.39, 0.29) is 5.69 Å². The summed E-state index contributed by atoms with van der Waals surface area (Å²) in [5, 5.41) is 21.0. The molecule has 0 bridgehead atoms. The van der Waals surface area contributed by atoms with Crippen molar-refractivity contribution in [1.29, 1.82) is 0 Å². The Morgan fingerprint density at radius 2 is 1.84 bits per heavy atom. The number of aliphatic hydroxyl groups excluding tert-OH is 1. The van der Waals surface area contributed by atoms with Crippen LogP contribution in [0.15, 0.2) is 24.3 Å². The van der Waals surface area contributed by atoms with Gasteiger partial charge in [-0.15, -0.1) is 0 Å². The van der Waals surface area contributed by atoms with Gasteiger partial charge in [-0.25, -0.2) is 0 Å². The van der Waals surface area contributed by atoms with Crippen molar-refractivity contribution in [1.82, 2.24) is 0 Å². The third-order valence-corrected chi connectivity index (χ3v) is 3.38. The minimum absolute atomic E-state index is 0.0205. The Balaban J connectivity index is 2.85. The van der Waals surface area contributed by atoms with Crippen LogP contribution in [0.4, 0.5) is 5.69 Å². The summed E-state index contributed by atoms with van der Waals surface area (Å²) < 4.78 is 0. The lowest BCUT2D eigenvalue weighted by Crippen LogP contribution is -3.18. The van der Waals surface area contributed by atoms with Crippen LogP contribution in [0.25, 0.3) is 0 Å². The molecule has 1 aromatic carbocycles. The van der Waals surface area contributed by atoms with Crippen LogP contribution in [-0.2, 0) is 0 Å². The third-order valence-electron chi connectivity index (χ3n) is 3.38. The predicted molar refractivity (Wildman–Crippen MR) is 74.2 cm³/mol. The van der Waals surface area contributed by atoms with Gasteiger partial charge < -0.3 is 10.0 Å². The highest BCUT2D eigenvalue weighted by molar-refractivity contribution is 5.35. The van der Waals surface area contributed by atoms with Gasteiger partial charge in [-0.2, -0.15) is 0 Å². The van der Waals surface area contributed by atoms with E-state index in [0.717, 1.165) is 0 Å². The van der Waals surface area contributed by atoms with E-state index in [1.165, 1.54) is 17.0 Å². The van der Waals surface area contributed by atoms with Crippen LogP contribution in [0.5, 0.6) is 0 Å². The van der Waals surface area contributed by atoms with Gasteiger partial charge in [-0.1, -0.05) is 12.1 Å². The molecular weight excluding hydrogens is 244 g/mol. The standard InChI is InChI=1S/C14H22N2O3/c1-10(2)15(11(3)4)9-14(17)12-6-5-7-13(8-12)16(18)19/h5-8,10-11,14,17H,9H2,1-4H3/p+1/t14-/m1/s1. The monoisotopic (exact) mass is 267 g/mol. The lowest BCUT2D eigenvalue weighted by Gasteiger charge is -2.29. The molecule has 2 N–H and O–H groups in total.